The van der Waals surface area contributed by atoms with Crippen LogP contribution >= 0.6 is 11.6 Å². The molecule has 0 amide bonds. The fraction of sp³-hybridized carbons (Fsp3) is 0.444. The van der Waals surface area contributed by atoms with Gasteiger partial charge in [0, 0.05) is 0 Å². The van der Waals surface area contributed by atoms with Crippen LogP contribution in [0.4, 0.5) is 0 Å². The van der Waals surface area contributed by atoms with E-state index < -0.39 is 27.3 Å². The van der Waals surface area contributed by atoms with Gasteiger partial charge in [0.15, 0.2) is 0 Å². The molecule has 1 rings (SSSR count). The van der Waals surface area contributed by atoms with E-state index in [0.717, 1.165) is 7.11 Å². The molecular weight excluding hydrogens is 252 g/mol. The van der Waals surface area contributed by atoms with E-state index in [2.05, 4.69) is 10.1 Å². The van der Waals surface area contributed by atoms with Gasteiger partial charge in [0.25, 0.3) is 5.70 Å². The van der Waals surface area contributed by atoms with Gasteiger partial charge >= 0.3 is 5.97 Å². The molecule has 0 aliphatic heterocycles. The number of carbonyl (C=O) groups is 1. The molecule has 17 heavy (non-hydrogen) atoms. The standard InChI is InChI=1S/C9H11ClN2O5/c1-11-9(10)3-5(8(14)17-2)7(13)6(4-9)12(15)16/h3,11,13H,4H2,1-2H3. The van der Waals surface area contributed by atoms with Crippen LogP contribution in [-0.2, 0) is 9.53 Å². The van der Waals surface area contributed by atoms with Crippen molar-refractivity contribution in [2.24, 2.45) is 0 Å². The second-order valence-corrected chi connectivity index (χ2v) is 4.07. The molecule has 1 unspecified atom stereocenters. The molecule has 0 saturated heterocycles. The number of likely N-dealkylation sites (N-methyl/N-ethyl adjacent to an activating group) is 1. The quantitative estimate of drug-likeness (QED) is 0.255. The number of rotatable bonds is 3. The highest BCUT2D eigenvalue weighted by molar-refractivity contribution is 6.25. The molecule has 1 aliphatic carbocycles. The number of hydrogen-bond acceptors (Lipinski definition) is 6. The van der Waals surface area contributed by atoms with Crippen molar-refractivity contribution in [1.29, 1.82) is 0 Å². The SMILES string of the molecule is CNC1(Cl)C=C(C(=O)OC)C(O)=C([N+](=O)[O-])C1. The van der Waals surface area contributed by atoms with Crippen molar-refractivity contribution in [2.75, 3.05) is 14.2 Å². The summed E-state index contributed by atoms with van der Waals surface area (Å²) < 4.78 is 4.42. The Morgan fingerprint density at radius 2 is 2.35 bits per heavy atom. The molecule has 0 aromatic rings. The van der Waals surface area contributed by atoms with Gasteiger partial charge in [0.1, 0.15) is 10.6 Å². The number of methoxy groups -OCH3 is 1. The molecule has 1 atom stereocenters. The number of halogens is 1. The maximum Gasteiger partial charge on any atom is 0.341 e. The molecule has 0 fully saturated rings. The van der Waals surface area contributed by atoms with Gasteiger partial charge in [0.2, 0.25) is 5.76 Å². The Labute approximate surface area is 102 Å². The Kier molecular flexibility index (Phi) is 3.74. The Morgan fingerprint density at radius 1 is 1.76 bits per heavy atom. The van der Waals surface area contributed by atoms with Gasteiger partial charge in [-0.1, -0.05) is 11.6 Å². The van der Waals surface area contributed by atoms with Crippen molar-refractivity contribution < 1.29 is 19.6 Å². The number of ether oxygens (including phenoxy) is 1. The molecule has 0 aromatic carbocycles. The van der Waals surface area contributed by atoms with E-state index in [1.165, 1.54) is 13.1 Å². The van der Waals surface area contributed by atoms with Crippen molar-refractivity contribution in [3.63, 3.8) is 0 Å². The van der Waals surface area contributed by atoms with Crippen LogP contribution in [0.5, 0.6) is 0 Å². The number of carbonyl (C=O) groups excluding carboxylic acids is 1. The largest absolute Gasteiger partial charge is 0.502 e. The topological polar surface area (TPSA) is 102 Å². The van der Waals surface area contributed by atoms with Crippen LogP contribution in [0.25, 0.3) is 0 Å². The summed E-state index contributed by atoms with van der Waals surface area (Å²) in [7, 11) is 2.59. The van der Waals surface area contributed by atoms with Crippen molar-refractivity contribution in [3.05, 3.63) is 33.2 Å². The van der Waals surface area contributed by atoms with E-state index in [1.54, 1.807) is 0 Å². The van der Waals surface area contributed by atoms with E-state index in [4.69, 9.17) is 11.6 Å². The second kappa shape index (κ2) is 4.72. The third-order valence-corrected chi connectivity index (χ3v) is 2.80. The summed E-state index contributed by atoms with van der Waals surface area (Å²) in [5.74, 6) is -1.60. The summed E-state index contributed by atoms with van der Waals surface area (Å²) in [5, 5.41) is 23.0. The van der Waals surface area contributed by atoms with E-state index in [9.17, 15) is 20.0 Å². The van der Waals surface area contributed by atoms with Crippen LogP contribution in [0.3, 0.4) is 0 Å². The summed E-state index contributed by atoms with van der Waals surface area (Å²) in [6, 6.07) is 0. The predicted molar refractivity (Wildman–Crippen MR) is 59.0 cm³/mol. The fourth-order valence-electron chi connectivity index (χ4n) is 1.41. The lowest BCUT2D eigenvalue weighted by atomic mass is 9.97. The van der Waals surface area contributed by atoms with Gasteiger partial charge in [-0.3, -0.25) is 15.4 Å². The lowest BCUT2D eigenvalue weighted by Gasteiger charge is -2.26. The fourth-order valence-corrected chi connectivity index (χ4v) is 1.64. The van der Waals surface area contributed by atoms with Gasteiger partial charge in [-0.25, -0.2) is 4.79 Å². The maximum atomic E-state index is 11.4. The first kappa shape index (κ1) is 13.5. The Hall–Kier alpha value is -1.60. The van der Waals surface area contributed by atoms with Crippen LogP contribution < -0.4 is 5.32 Å². The third kappa shape index (κ3) is 2.56. The summed E-state index contributed by atoms with van der Waals surface area (Å²) >= 11 is 6.01. The summed E-state index contributed by atoms with van der Waals surface area (Å²) in [6.07, 6.45) is 0.951. The number of aliphatic hydroxyl groups excluding tert-OH is 1. The first-order valence-electron chi connectivity index (χ1n) is 4.60. The molecule has 0 aromatic heterocycles. The number of nitro groups is 1. The smallest absolute Gasteiger partial charge is 0.341 e. The van der Waals surface area contributed by atoms with E-state index in [-0.39, 0.29) is 12.0 Å². The average molecular weight is 263 g/mol. The highest BCUT2D eigenvalue weighted by atomic mass is 35.5. The summed E-state index contributed by atoms with van der Waals surface area (Å²) in [5.41, 5.74) is -0.855. The Balaban J connectivity index is 3.30. The zero-order valence-electron chi connectivity index (χ0n) is 9.19. The highest BCUT2D eigenvalue weighted by Gasteiger charge is 2.40. The number of nitrogens with zero attached hydrogens (tertiary/aromatic N) is 1. The summed E-state index contributed by atoms with van der Waals surface area (Å²) in [6.45, 7) is 0. The highest BCUT2D eigenvalue weighted by Crippen LogP contribution is 2.33. The van der Waals surface area contributed by atoms with Crippen LogP contribution in [0.1, 0.15) is 6.42 Å². The molecule has 94 valence electrons. The van der Waals surface area contributed by atoms with Crippen molar-refractivity contribution >= 4 is 17.6 Å². The van der Waals surface area contributed by atoms with Gasteiger partial charge in [0.05, 0.1) is 18.5 Å². The number of nitrogens with one attached hydrogen (secondary N) is 1. The minimum Gasteiger partial charge on any atom is -0.502 e. The van der Waals surface area contributed by atoms with E-state index in [0.29, 0.717) is 0 Å². The van der Waals surface area contributed by atoms with Gasteiger partial charge in [-0.05, 0) is 13.1 Å². The zero-order chi connectivity index (χ0) is 13.2. The molecule has 8 heteroatoms. The number of alkyl halides is 1. The molecule has 0 radical (unpaired) electrons. The van der Waals surface area contributed by atoms with E-state index in [1.807, 2.05) is 0 Å². The number of aliphatic hydroxyl groups is 1. The zero-order valence-corrected chi connectivity index (χ0v) is 9.95. The predicted octanol–water partition coefficient (Wildman–Crippen LogP) is 0.690. The lowest BCUT2D eigenvalue weighted by Crippen LogP contribution is -2.40. The Bertz CT molecular complexity index is 431. The molecule has 0 saturated carbocycles. The minimum absolute atomic E-state index is 0.246. The number of hydrogen-bond donors (Lipinski definition) is 2. The van der Waals surface area contributed by atoms with Crippen LogP contribution in [0.2, 0.25) is 0 Å². The Morgan fingerprint density at radius 3 is 2.76 bits per heavy atom. The number of esters is 1. The maximum absolute atomic E-state index is 11.4. The van der Waals surface area contributed by atoms with Crippen molar-refractivity contribution in [2.45, 2.75) is 11.4 Å². The van der Waals surface area contributed by atoms with E-state index >= 15 is 0 Å². The molecule has 0 spiro atoms. The molecule has 7 nitrogen and oxygen atoms in total. The van der Waals surface area contributed by atoms with Crippen LogP contribution in [-0.4, -0.2) is 35.2 Å². The first-order chi connectivity index (χ1) is 7.84. The average Bonchev–Trinajstić information content (AvgIpc) is 2.30. The van der Waals surface area contributed by atoms with Crippen molar-refractivity contribution in [1.82, 2.24) is 5.32 Å². The minimum atomic E-state index is -1.29. The van der Waals surface area contributed by atoms with Gasteiger partial charge in [-0.2, -0.15) is 0 Å². The van der Waals surface area contributed by atoms with Crippen LogP contribution in [0, 0.1) is 10.1 Å². The molecule has 2 N–H and O–H groups in total. The molecule has 1 aliphatic rings. The van der Waals surface area contributed by atoms with Crippen LogP contribution in [0.15, 0.2) is 23.1 Å². The van der Waals surface area contributed by atoms with Crippen molar-refractivity contribution in [3.8, 4) is 0 Å². The molecule has 0 bridgehead atoms. The molecular formula is C9H11ClN2O5. The lowest BCUT2D eigenvalue weighted by molar-refractivity contribution is -0.431. The van der Waals surface area contributed by atoms with Gasteiger partial charge in [-0.15, -0.1) is 0 Å². The second-order valence-electron chi connectivity index (χ2n) is 3.39. The monoisotopic (exact) mass is 262 g/mol. The first-order valence-corrected chi connectivity index (χ1v) is 4.98. The van der Waals surface area contributed by atoms with Gasteiger partial charge < -0.3 is 9.84 Å². The third-order valence-electron chi connectivity index (χ3n) is 2.37. The molecule has 0 heterocycles. The summed E-state index contributed by atoms with van der Waals surface area (Å²) in [4.78, 5) is 20.0. The normalized spacial score (nSPS) is 24.3.